The molecule has 2 nitrogen and oxygen atoms in total. The summed E-state index contributed by atoms with van der Waals surface area (Å²) in [6.07, 6.45) is 0.979. The molecule has 0 saturated heterocycles. The maximum atomic E-state index is 10.6. The predicted octanol–water partition coefficient (Wildman–Crippen LogP) is 2.84. The van der Waals surface area contributed by atoms with E-state index in [1.807, 2.05) is 19.1 Å². The lowest BCUT2D eigenvalue weighted by Crippen LogP contribution is -2.21. The van der Waals surface area contributed by atoms with E-state index in [0.29, 0.717) is 0 Å². The van der Waals surface area contributed by atoms with Crippen LogP contribution >= 0.6 is 0 Å². The number of carbonyl (C=O) groups excluding carboxylic acids is 1. The summed E-state index contributed by atoms with van der Waals surface area (Å²) < 4.78 is 0. The van der Waals surface area contributed by atoms with Gasteiger partial charge in [-0.3, -0.25) is 0 Å². The molecule has 0 aliphatic rings. The van der Waals surface area contributed by atoms with Crippen LogP contribution in [-0.4, -0.2) is 19.4 Å². The second kappa shape index (κ2) is 5.54. The summed E-state index contributed by atoms with van der Waals surface area (Å²) in [6, 6.07) is 8.24. The Bertz CT molecular complexity index is 301. The van der Waals surface area contributed by atoms with Crippen LogP contribution < -0.4 is 4.90 Å². The molecule has 1 atom stereocenters. The van der Waals surface area contributed by atoms with E-state index in [9.17, 15) is 4.79 Å². The highest BCUT2D eigenvalue weighted by Gasteiger charge is 2.05. The molecule has 0 spiro atoms. The van der Waals surface area contributed by atoms with Crippen molar-refractivity contribution >= 4 is 12.0 Å². The minimum atomic E-state index is -0.00393. The highest BCUT2D eigenvalue weighted by molar-refractivity contribution is 5.62. The van der Waals surface area contributed by atoms with Gasteiger partial charge < -0.3 is 9.69 Å². The molecular weight excluding hydrogens is 186 g/mol. The first-order valence-corrected chi connectivity index (χ1v) is 5.53. The second-order valence-electron chi connectivity index (χ2n) is 3.69. The standard InChI is InChI=1S/C13H19NO/c1-4-14(5-2)13-8-6-12(7-9-13)11(3)10-15/h6-11H,4-5H2,1-3H3. The molecule has 82 valence electrons. The van der Waals surface area contributed by atoms with Crippen molar-refractivity contribution < 1.29 is 4.79 Å². The third-order valence-electron chi connectivity index (χ3n) is 2.75. The number of anilines is 1. The normalized spacial score (nSPS) is 12.2. The summed E-state index contributed by atoms with van der Waals surface area (Å²) in [7, 11) is 0. The quantitative estimate of drug-likeness (QED) is 0.689. The number of aldehydes is 1. The highest BCUT2D eigenvalue weighted by Crippen LogP contribution is 2.19. The molecule has 0 amide bonds. The van der Waals surface area contributed by atoms with Gasteiger partial charge in [-0.05, 0) is 31.5 Å². The largest absolute Gasteiger partial charge is 0.372 e. The summed E-state index contributed by atoms with van der Waals surface area (Å²) in [5.41, 5.74) is 2.31. The first-order valence-electron chi connectivity index (χ1n) is 5.53. The van der Waals surface area contributed by atoms with E-state index in [1.165, 1.54) is 5.69 Å². The van der Waals surface area contributed by atoms with Gasteiger partial charge in [-0.2, -0.15) is 0 Å². The van der Waals surface area contributed by atoms with Gasteiger partial charge in [0.1, 0.15) is 6.29 Å². The highest BCUT2D eigenvalue weighted by atomic mass is 16.1. The first-order chi connectivity index (χ1) is 7.22. The van der Waals surface area contributed by atoms with E-state index in [2.05, 4.69) is 30.9 Å². The van der Waals surface area contributed by atoms with E-state index in [-0.39, 0.29) is 5.92 Å². The summed E-state index contributed by atoms with van der Waals surface area (Å²) in [5.74, 6) is -0.00393. The maximum Gasteiger partial charge on any atom is 0.127 e. The number of hydrogen-bond acceptors (Lipinski definition) is 2. The molecular formula is C13H19NO. The monoisotopic (exact) mass is 205 g/mol. The fourth-order valence-electron chi connectivity index (χ4n) is 1.66. The van der Waals surface area contributed by atoms with Crippen molar-refractivity contribution in [3.8, 4) is 0 Å². The lowest BCUT2D eigenvalue weighted by atomic mass is 10.0. The van der Waals surface area contributed by atoms with Gasteiger partial charge in [0.05, 0.1) is 0 Å². The van der Waals surface area contributed by atoms with E-state index in [4.69, 9.17) is 0 Å². The predicted molar refractivity (Wildman–Crippen MR) is 64.5 cm³/mol. The van der Waals surface area contributed by atoms with E-state index in [1.54, 1.807) is 0 Å². The number of rotatable bonds is 5. The summed E-state index contributed by atoms with van der Waals surface area (Å²) >= 11 is 0. The molecule has 0 bridgehead atoms. The summed E-state index contributed by atoms with van der Waals surface area (Å²) in [6.45, 7) is 8.23. The van der Waals surface area contributed by atoms with Gasteiger partial charge in [-0.1, -0.05) is 19.1 Å². The molecule has 1 unspecified atom stereocenters. The van der Waals surface area contributed by atoms with Crippen LogP contribution in [0.4, 0.5) is 5.69 Å². The SMILES string of the molecule is CCN(CC)c1ccc(C(C)C=O)cc1. The maximum absolute atomic E-state index is 10.6. The van der Waals surface area contributed by atoms with Crippen molar-refractivity contribution in [2.24, 2.45) is 0 Å². The van der Waals surface area contributed by atoms with Crippen molar-refractivity contribution in [2.75, 3.05) is 18.0 Å². The minimum absolute atomic E-state index is 0.00393. The Balaban J connectivity index is 2.84. The molecule has 0 heterocycles. The second-order valence-corrected chi connectivity index (χ2v) is 3.69. The third kappa shape index (κ3) is 2.82. The molecule has 1 aromatic rings. The number of carbonyl (C=O) groups is 1. The zero-order valence-corrected chi connectivity index (χ0v) is 9.73. The zero-order valence-electron chi connectivity index (χ0n) is 9.73. The van der Waals surface area contributed by atoms with Gasteiger partial charge in [-0.15, -0.1) is 0 Å². The van der Waals surface area contributed by atoms with Gasteiger partial charge in [0, 0.05) is 24.7 Å². The fourth-order valence-corrected chi connectivity index (χ4v) is 1.66. The number of hydrogen-bond donors (Lipinski definition) is 0. The van der Waals surface area contributed by atoms with Crippen LogP contribution in [0.2, 0.25) is 0 Å². The summed E-state index contributed by atoms with van der Waals surface area (Å²) in [5, 5.41) is 0. The molecule has 0 fully saturated rings. The van der Waals surface area contributed by atoms with Gasteiger partial charge in [0.15, 0.2) is 0 Å². The lowest BCUT2D eigenvalue weighted by Gasteiger charge is -2.21. The van der Waals surface area contributed by atoms with Crippen molar-refractivity contribution in [3.05, 3.63) is 29.8 Å². The van der Waals surface area contributed by atoms with Crippen LogP contribution in [-0.2, 0) is 4.79 Å². The van der Waals surface area contributed by atoms with Gasteiger partial charge in [0.2, 0.25) is 0 Å². The average molecular weight is 205 g/mol. The summed E-state index contributed by atoms with van der Waals surface area (Å²) in [4.78, 5) is 12.9. The molecule has 1 aromatic carbocycles. The average Bonchev–Trinajstić information content (AvgIpc) is 2.30. The van der Waals surface area contributed by atoms with Crippen LogP contribution in [0, 0.1) is 0 Å². The zero-order chi connectivity index (χ0) is 11.3. The first kappa shape index (κ1) is 11.8. The fraction of sp³-hybridized carbons (Fsp3) is 0.462. The van der Waals surface area contributed by atoms with Crippen molar-refractivity contribution in [1.29, 1.82) is 0 Å². The minimum Gasteiger partial charge on any atom is -0.372 e. The Hall–Kier alpha value is -1.31. The van der Waals surface area contributed by atoms with Gasteiger partial charge in [-0.25, -0.2) is 0 Å². The molecule has 0 aliphatic carbocycles. The van der Waals surface area contributed by atoms with E-state index < -0.39 is 0 Å². The molecule has 0 aliphatic heterocycles. The molecule has 15 heavy (non-hydrogen) atoms. The molecule has 2 heteroatoms. The van der Waals surface area contributed by atoms with Crippen LogP contribution in [0.5, 0.6) is 0 Å². The number of benzene rings is 1. The Morgan fingerprint density at radius 2 is 1.73 bits per heavy atom. The van der Waals surface area contributed by atoms with Crippen molar-refractivity contribution in [2.45, 2.75) is 26.7 Å². The van der Waals surface area contributed by atoms with Crippen LogP contribution in [0.3, 0.4) is 0 Å². The Kier molecular flexibility index (Phi) is 4.35. The molecule has 0 aromatic heterocycles. The van der Waals surface area contributed by atoms with Gasteiger partial charge >= 0.3 is 0 Å². The third-order valence-corrected chi connectivity index (χ3v) is 2.75. The lowest BCUT2D eigenvalue weighted by molar-refractivity contribution is -0.108. The Morgan fingerprint density at radius 1 is 1.20 bits per heavy atom. The molecule has 1 rings (SSSR count). The van der Waals surface area contributed by atoms with E-state index >= 15 is 0 Å². The topological polar surface area (TPSA) is 20.3 Å². The number of nitrogens with zero attached hydrogens (tertiary/aromatic N) is 1. The van der Waals surface area contributed by atoms with Crippen LogP contribution in [0.1, 0.15) is 32.3 Å². The smallest absolute Gasteiger partial charge is 0.127 e. The Labute approximate surface area is 91.9 Å². The van der Waals surface area contributed by atoms with Crippen molar-refractivity contribution in [1.82, 2.24) is 0 Å². The van der Waals surface area contributed by atoms with Crippen LogP contribution in [0.25, 0.3) is 0 Å². The Morgan fingerprint density at radius 3 is 2.13 bits per heavy atom. The van der Waals surface area contributed by atoms with Gasteiger partial charge in [0.25, 0.3) is 0 Å². The molecule has 0 N–H and O–H groups in total. The van der Waals surface area contributed by atoms with Crippen molar-refractivity contribution in [3.63, 3.8) is 0 Å². The molecule has 0 saturated carbocycles. The van der Waals surface area contributed by atoms with Crippen LogP contribution in [0.15, 0.2) is 24.3 Å². The van der Waals surface area contributed by atoms with E-state index in [0.717, 1.165) is 24.9 Å². The molecule has 0 radical (unpaired) electrons.